The van der Waals surface area contributed by atoms with E-state index in [-0.39, 0.29) is 11.6 Å². The number of carbonyl (C=O) groups excluding carboxylic acids is 3. The molecule has 3 aromatic carbocycles. The van der Waals surface area contributed by atoms with Crippen molar-refractivity contribution in [3.63, 3.8) is 0 Å². The molecule has 4 rings (SSSR count). The van der Waals surface area contributed by atoms with Crippen LogP contribution < -0.4 is 5.32 Å². The van der Waals surface area contributed by atoms with Gasteiger partial charge in [0.05, 0.1) is 5.70 Å². The molecule has 0 fully saturated rings. The van der Waals surface area contributed by atoms with E-state index in [0.29, 0.717) is 39.8 Å². The van der Waals surface area contributed by atoms with Crippen molar-refractivity contribution in [3.05, 3.63) is 106 Å². The summed E-state index contributed by atoms with van der Waals surface area (Å²) in [5.41, 5.74) is 3.08. The second kappa shape index (κ2) is 6.84. The van der Waals surface area contributed by atoms with Gasteiger partial charge in [0.25, 0.3) is 0 Å². The Kier molecular flexibility index (Phi) is 4.22. The van der Waals surface area contributed by atoms with Crippen LogP contribution in [0.3, 0.4) is 0 Å². The van der Waals surface area contributed by atoms with E-state index in [2.05, 4.69) is 5.32 Å². The fourth-order valence-electron chi connectivity index (χ4n) is 3.25. The van der Waals surface area contributed by atoms with E-state index in [1.54, 1.807) is 48.5 Å². The first-order chi connectivity index (χ1) is 13.2. The van der Waals surface area contributed by atoms with Crippen molar-refractivity contribution in [2.24, 2.45) is 0 Å². The topological polar surface area (TPSA) is 63.2 Å². The third-order valence-corrected chi connectivity index (χ3v) is 4.49. The molecule has 0 spiro atoms. The zero-order valence-corrected chi connectivity index (χ0v) is 14.3. The van der Waals surface area contributed by atoms with Crippen LogP contribution in [0.5, 0.6) is 0 Å². The fourth-order valence-corrected chi connectivity index (χ4v) is 3.25. The fraction of sp³-hybridized carbons (Fsp3) is 0. The maximum absolute atomic E-state index is 13.0. The molecule has 1 N–H and O–H groups in total. The summed E-state index contributed by atoms with van der Waals surface area (Å²) in [5, 5.41) is 3.03. The molecule has 3 aromatic rings. The van der Waals surface area contributed by atoms with Gasteiger partial charge >= 0.3 is 0 Å². The van der Waals surface area contributed by atoms with Crippen molar-refractivity contribution in [1.29, 1.82) is 0 Å². The summed E-state index contributed by atoms with van der Waals surface area (Å²) in [5.74, 6) is -0.392. The van der Waals surface area contributed by atoms with Crippen LogP contribution in [0.25, 0.3) is 6.08 Å². The molecule has 0 amide bonds. The van der Waals surface area contributed by atoms with E-state index in [9.17, 15) is 14.4 Å². The predicted octanol–water partition coefficient (Wildman–Crippen LogP) is 4.11. The second-order valence-corrected chi connectivity index (χ2v) is 6.18. The number of ketones is 2. The second-order valence-electron chi connectivity index (χ2n) is 6.18. The maximum Gasteiger partial charge on any atom is 0.195 e. The molecule has 0 bridgehead atoms. The van der Waals surface area contributed by atoms with Gasteiger partial charge in [-0.15, -0.1) is 0 Å². The molecular formula is C23H15NO3. The number of aldehydes is 1. The summed E-state index contributed by atoms with van der Waals surface area (Å²) in [6, 6.07) is 21.2. The Hall–Kier alpha value is -3.79. The lowest BCUT2D eigenvalue weighted by Gasteiger charge is -2.19. The number of hydrogen-bond donors (Lipinski definition) is 1. The van der Waals surface area contributed by atoms with Crippen LogP contribution in [0.15, 0.2) is 78.5 Å². The SMILES string of the molecule is O=CC(=Cc1cccc2c1C(=O)c1ccccc1C2=O)Nc1ccccc1. The van der Waals surface area contributed by atoms with Crippen LogP contribution in [-0.2, 0) is 4.79 Å². The van der Waals surface area contributed by atoms with Crippen LogP contribution in [0.1, 0.15) is 37.4 Å². The monoisotopic (exact) mass is 353 g/mol. The average molecular weight is 353 g/mol. The Labute approximate surface area is 156 Å². The molecule has 1 aliphatic carbocycles. The third kappa shape index (κ3) is 2.98. The van der Waals surface area contributed by atoms with Gasteiger partial charge in [-0.1, -0.05) is 60.7 Å². The molecule has 0 atom stereocenters. The van der Waals surface area contributed by atoms with E-state index in [4.69, 9.17) is 0 Å². The zero-order valence-electron chi connectivity index (χ0n) is 14.3. The lowest BCUT2D eigenvalue weighted by molar-refractivity contribution is -0.104. The number of carbonyl (C=O) groups is 3. The van der Waals surface area contributed by atoms with Crippen molar-refractivity contribution in [2.45, 2.75) is 0 Å². The molecule has 0 saturated carbocycles. The third-order valence-electron chi connectivity index (χ3n) is 4.49. The van der Waals surface area contributed by atoms with E-state index in [1.165, 1.54) is 0 Å². The predicted molar refractivity (Wildman–Crippen MR) is 104 cm³/mol. The lowest BCUT2D eigenvalue weighted by Crippen LogP contribution is -2.22. The summed E-state index contributed by atoms with van der Waals surface area (Å²) < 4.78 is 0. The van der Waals surface area contributed by atoms with Gasteiger partial charge in [-0.05, 0) is 23.8 Å². The first-order valence-corrected chi connectivity index (χ1v) is 8.49. The Balaban J connectivity index is 1.81. The number of rotatable bonds is 4. The minimum Gasteiger partial charge on any atom is -0.353 e. The molecule has 0 aliphatic heterocycles. The molecule has 0 saturated heterocycles. The summed E-state index contributed by atoms with van der Waals surface area (Å²) in [7, 11) is 0. The van der Waals surface area contributed by atoms with Gasteiger partial charge in [-0.2, -0.15) is 0 Å². The van der Waals surface area contributed by atoms with Crippen molar-refractivity contribution >= 4 is 29.6 Å². The highest BCUT2D eigenvalue weighted by atomic mass is 16.1. The van der Waals surface area contributed by atoms with Crippen LogP contribution in [-0.4, -0.2) is 17.9 Å². The largest absolute Gasteiger partial charge is 0.353 e. The Morgan fingerprint density at radius 1 is 0.704 bits per heavy atom. The molecule has 4 heteroatoms. The standard InChI is InChI=1S/C23H15NO3/c25-14-17(24-16-8-2-1-3-9-16)13-15-7-6-12-20-21(15)23(27)19-11-5-4-10-18(19)22(20)26/h1-14,24H. The number of benzene rings is 3. The minimum atomic E-state index is -0.211. The molecule has 27 heavy (non-hydrogen) atoms. The molecule has 0 heterocycles. The normalized spacial score (nSPS) is 13.0. The highest BCUT2D eigenvalue weighted by molar-refractivity contribution is 6.29. The first-order valence-electron chi connectivity index (χ1n) is 8.49. The Bertz CT molecular complexity index is 1100. The average Bonchev–Trinajstić information content (AvgIpc) is 2.72. The van der Waals surface area contributed by atoms with Crippen molar-refractivity contribution in [1.82, 2.24) is 0 Å². The minimum absolute atomic E-state index is 0.181. The van der Waals surface area contributed by atoms with E-state index >= 15 is 0 Å². The zero-order chi connectivity index (χ0) is 18.8. The number of anilines is 1. The number of hydrogen-bond acceptors (Lipinski definition) is 4. The lowest BCUT2D eigenvalue weighted by atomic mass is 9.82. The van der Waals surface area contributed by atoms with Crippen LogP contribution >= 0.6 is 0 Å². The van der Waals surface area contributed by atoms with Crippen LogP contribution in [0.2, 0.25) is 0 Å². The van der Waals surface area contributed by atoms with Crippen molar-refractivity contribution < 1.29 is 14.4 Å². The number of nitrogens with one attached hydrogen (secondary N) is 1. The summed E-state index contributed by atoms with van der Waals surface area (Å²) in [6.07, 6.45) is 2.29. The van der Waals surface area contributed by atoms with Gasteiger partial charge < -0.3 is 5.32 Å². The van der Waals surface area contributed by atoms with Gasteiger partial charge in [0.2, 0.25) is 0 Å². The summed E-state index contributed by atoms with van der Waals surface area (Å²) in [4.78, 5) is 37.3. The molecule has 130 valence electrons. The van der Waals surface area contributed by atoms with Crippen LogP contribution in [0, 0.1) is 0 Å². The molecule has 0 radical (unpaired) electrons. The van der Waals surface area contributed by atoms with Gasteiger partial charge in [0.1, 0.15) is 0 Å². The molecule has 1 aliphatic rings. The van der Waals surface area contributed by atoms with Gasteiger partial charge in [-0.3, -0.25) is 14.4 Å². The van der Waals surface area contributed by atoms with Gasteiger partial charge in [0, 0.05) is 27.9 Å². The maximum atomic E-state index is 13.0. The van der Waals surface area contributed by atoms with Crippen molar-refractivity contribution in [2.75, 3.05) is 5.32 Å². The Morgan fingerprint density at radius 3 is 2.04 bits per heavy atom. The summed E-state index contributed by atoms with van der Waals surface area (Å²) >= 11 is 0. The van der Waals surface area contributed by atoms with Crippen molar-refractivity contribution in [3.8, 4) is 0 Å². The van der Waals surface area contributed by atoms with E-state index in [1.807, 2.05) is 30.3 Å². The quantitative estimate of drug-likeness (QED) is 0.443. The molecule has 0 aromatic heterocycles. The summed E-state index contributed by atoms with van der Waals surface area (Å²) in [6.45, 7) is 0. The number of fused-ring (bicyclic) bond motifs is 2. The highest BCUT2D eigenvalue weighted by Gasteiger charge is 2.30. The Morgan fingerprint density at radius 2 is 1.33 bits per heavy atom. The van der Waals surface area contributed by atoms with E-state index < -0.39 is 0 Å². The van der Waals surface area contributed by atoms with Gasteiger partial charge in [-0.25, -0.2) is 0 Å². The number of allylic oxidation sites excluding steroid dienone is 1. The first kappa shape index (κ1) is 16.7. The highest BCUT2D eigenvalue weighted by Crippen LogP contribution is 2.30. The van der Waals surface area contributed by atoms with E-state index in [0.717, 1.165) is 5.69 Å². The molecule has 0 unspecified atom stereocenters. The molecule has 4 nitrogen and oxygen atoms in total. The molecular weight excluding hydrogens is 338 g/mol. The van der Waals surface area contributed by atoms with Crippen LogP contribution in [0.4, 0.5) is 5.69 Å². The van der Waals surface area contributed by atoms with Gasteiger partial charge in [0.15, 0.2) is 17.9 Å². The smallest absolute Gasteiger partial charge is 0.195 e. The number of para-hydroxylation sites is 1.